The number of nitrogens with zero attached hydrogens (tertiary/aromatic N) is 3. The third-order valence-corrected chi connectivity index (χ3v) is 5.84. The fraction of sp³-hybridized carbons (Fsp3) is 0.214. The molecule has 0 unspecified atom stereocenters. The molecule has 1 radical (unpaired) electrons. The minimum absolute atomic E-state index is 0.0161. The van der Waals surface area contributed by atoms with Crippen molar-refractivity contribution in [3.05, 3.63) is 52.6 Å². The first-order chi connectivity index (χ1) is 10.9. The van der Waals surface area contributed by atoms with Crippen molar-refractivity contribution in [3.63, 3.8) is 0 Å². The molecule has 9 heteroatoms. The van der Waals surface area contributed by atoms with Crippen LogP contribution in [0.25, 0.3) is 0 Å². The van der Waals surface area contributed by atoms with E-state index in [4.69, 9.17) is 17.3 Å². The van der Waals surface area contributed by atoms with Gasteiger partial charge in [0, 0.05) is 12.1 Å². The fourth-order valence-corrected chi connectivity index (χ4v) is 4.22. The van der Waals surface area contributed by atoms with Crippen LogP contribution in [0, 0.1) is 6.20 Å². The molecule has 2 heterocycles. The lowest BCUT2D eigenvalue weighted by Gasteiger charge is -2.27. The first-order valence-electron chi connectivity index (χ1n) is 6.71. The van der Waals surface area contributed by atoms with Crippen molar-refractivity contribution in [2.45, 2.75) is 17.9 Å². The number of hydrogen-bond donors (Lipinski definition) is 1. The number of benzene rings is 1. The van der Waals surface area contributed by atoms with Crippen molar-refractivity contribution in [3.8, 4) is 0 Å². The van der Waals surface area contributed by atoms with E-state index < -0.39 is 15.9 Å². The number of hydrogen-bond acceptors (Lipinski definition) is 5. The van der Waals surface area contributed by atoms with Crippen LogP contribution in [0.3, 0.4) is 0 Å². The van der Waals surface area contributed by atoms with Crippen LogP contribution in [-0.4, -0.2) is 35.1 Å². The highest BCUT2D eigenvalue weighted by Gasteiger charge is 2.31. The second-order valence-corrected chi connectivity index (χ2v) is 7.28. The number of halogens is 1. The van der Waals surface area contributed by atoms with Gasteiger partial charge in [-0.3, -0.25) is 4.79 Å². The predicted octanol–water partition coefficient (Wildman–Crippen LogP) is 0.776. The standard InChI is InChI=1S/C14H12ClN4O3S/c15-10-3-1-2-4-12(10)23(21,22)19-6-5-9-7-17-14(13(16)20)18-11(9)8-19/h1-4H,5-6,8H2,(H2,16,20). The zero-order valence-electron chi connectivity index (χ0n) is 11.9. The SMILES string of the molecule is NC(=O)c1n[c]c2c(n1)CN(S(=O)(=O)c1ccccc1Cl)CC2. The Morgan fingerprint density at radius 3 is 2.78 bits per heavy atom. The summed E-state index contributed by atoms with van der Waals surface area (Å²) in [6.07, 6.45) is 3.10. The molecule has 2 N–H and O–H groups in total. The van der Waals surface area contributed by atoms with Gasteiger partial charge >= 0.3 is 0 Å². The summed E-state index contributed by atoms with van der Waals surface area (Å²) >= 11 is 6.00. The first-order valence-corrected chi connectivity index (χ1v) is 8.53. The Labute approximate surface area is 138 Å². The molecule has 119 valence electrons. The number of sulfonamides is 1. The molecule has 23 heavy (non-hydrogen) atoms. The summed E-state index contributed by atoms with van der Waals surface area (Å²) in [5, 5.41) is 0.158. The molecule has 0 aliphatic carbocycles. The van der Waals surface area contributed by atoms with E-state index in [0.29, 0.717) is 17.7 Å². The summed E-state index contributed by atoms with van der Waals surface area (Å²) < 4.78 is 26.7. The van der Waals surface area contributed by atoms with Crippen molar-refractivity contribution in [2.24, 2.45) is 5.73 Å². The molecule has 3 rings (SSSR count). The number of carbonyl (C=O) groups excluding carboxylic acids is 1. The van der Waals surface area contributed by atoms with E-state index in [-0.39, 0.29) is 28.8 Å². The van der Waals surface area contributed by atoms with Crippen LogP contribution in [0.5, 0.6) is 0 Å². The third kappa shape index (κ3) is 2.92. The van der Waals surface area contributed by atoms with Crippen LogP contribution in [0.2, 0.25) is 5.02 Å². The van der Waals surface area contributed by atoms with Gasteiger partial charge in [-0.15, -0.1) is 0 Å². The summed E-state index contributed by atoms with van der Waals surface area (Å²) in [7, 11) is -3.76. The molecule has 0 bridgehead atoms. The van der Waals surface area contributed by atoms with Gasteiger partial charge in [-0.2, -0.15) is 4.31 Å². The molecule has 1 amide bonds. The van der Waals surface area contributed by atoms with Crippen molar-refractivity contribution in [1.29, 1.82) is 0 Å². The van der Waals surface area contributed by atoms with E-state index in [1.807, 2.05) is 0 Å². The highest BCUT2D eigenvalue weighted by Crippen LogP contribution is 2.27. The Hall–Kier alpha value is -2.03. The molecule has 0 saturated carbocycles. The van der Waals surface area contributed by atoms with E-state index in [1.54, 1.807) is 12.1 Å². The average molecular weight is 352 g/mol. The Kier molecular flexibility index (Phi) is 4.05. The summed E-state index contributed by atoms with van der Waals surface area (Å²) in [6, 6.07) is 6.24. The summed E-state index contributed by atoms with van der Waals surface area (Å²) in [4.78, 5) is 19.0. The molecule has 0 spiro atoms. The van der Waals surface area contributed by atoms with Gasteiger partial charge in [0.2, 0.25) is 15.8 Å². The lowest BCUT2D eigenvalue weighted by atomic mass is 10.1. The first kappa shape index (κ1) is 15.9. The normalized spacial score (nSPS) is 15.2. The lowest BCUT2D eigenvalue weighted by Crippen LogP contribution is -2.37. The molecule has 1 aliphatic rings. The van der Waals surface area contributed by atoms with Crippen molar-refractivity contribution in [1.82, 2.24) is 14.3 Å². The van der Waals surface area contributed by atoms with E-state index in [0.717, 1.165) is 0 Å². The topological polar surface area (TPSA) is 106 Å². The zero-order valence-corrected chi connectivity index (χ0v) is 13.4. The monoisotopic (exact) mass is 351 g/mol. The molecule has 1 aromatic carbocycles. The molecular weight excluding hydrogens is 340 g/mol. The third-order valence-electron chi connectivity index (χ3n) is 3.50. The lowest BCUT2D eigenvalue weighted by molar-refractivity contribution is 0.0989. The largest absolute Gasteiger partial charge is 0.363 e. The number of amides is 1. The molecule has 0 saturated heterocycles. The van der Waals surface area contributed by atoms with Crippen molar-refractivity contribution >= 4 is 27.5 Å². The maximum atomic E-state index is 12.7. The van der Waals surface area contributed by atoms with Gasteiger partial charge in [-0.1, -0.05) is 23.7 Å². The maximum absolute atomic E-state index is 12.7. The predicted molar refractivity (Wildman–Crippen MR) is 82.1 cm³/mol. The van der Waals surface area contributed by atoms with Gasteiger partial charge in [0.05, 0.1) is 23.5 Å². The molecule has 0 fully saturated rings. The molecular formula is C14H12ClN4O3S. The van der Waals surface area contributed by atoms with E-state index >= 15 is 0 Å². The highest BCUT2D eigenvalue weighted by atomic mass is 35.5. The fourth-order valence-electron chi connectivity index (χ4n) is 2.33. The van der Waals surface area contributed by atoms with Crippen LogP contribution < -0.4 is 5.73 Å². The molecule has 7 nitrogen and oxygen atoms in total. The zero-order chi connectivity index (χ0) is 16.6. The molecule has 2 aromatic rings. The van der Waals surface area contributed by atoms with Crippen LogP contribution in [0.15, 0.2) is 29.2 Å². The summed E-state index contributed by atoms with van der Waals surface area (Å²) in [6.45, 7) is 0.276. The maximum Gasteiger partial charge on any atom is 0.286 e. The van der Waals surface area contributed by atoms with E-state index in [1.165, 1.54) is 16.4 Å². The van der Waals surface area contributed by atoms with E-state index in [2.05, 4.69) is 16.2 Å². The molecule has 0 atom stereocenters. The van der Waals surface area contributed by atoms with Crippen LogP contribution in [-0.2, 0) is 23.0 Å². The van der Waals surface area contributed by atoms with Gasteiger partial charge in [-0.05, 0) is 18.6 Å². The Balaban J connectivity index is 1.97. The smallest absolute Gasteiger partial charge is 0.286 e. The number of rotatable bonds is 3. The second-order valence-electron chi connectivity index (χ2n) is 4.97. The average Bonchev–Trinajstić information content (AvgIpc) is 2.54. The number of aromatic nitrogens is 2. The quantitative estimate of drug-likeness (QED) is 0.879. The number of fused-ring (bicyclic) bond motifs is 1. The van der Waals surface area contributed by atoms with Crippen LogP contribution in [0.4, 0.5) is 0 Å². The van der Waals surface area contributed by atoms with Crippen molar-refractivity contribution < 1.29 is 13.2 Å². The van der Waals surface area contributed by atoms with Crippen LogP contribution >= 0.6 is 11.6 Å². The molecule has 1 aliphatic heterocycles. The number of primary amides is 1. The van der Waals surface area contributed by atoms with Gasteiger partial charge < -0.3 is 5.73 Å². The van der Waals surface area contributed by atoms with Gasteiger partial charge in [0.15, 0.2) is 0 Å². The Bertz CT molecular complexity index is 885. The minimum Gasteiger partial charge on any atom is -0.363 e. The Morgan fingerprint density at radius 1 is 1.35 bits per heavy atom. The molecule has 1 aromatic heterocycles. The minimum atomic E-state index is -3.76. The van der Waals surface area contributed by atoms with Crippen LogP contribution in [0.1, 0.15) is 21.9 Å². The van der Waals surface area contributed by atoms with Crippen molar-refractivity contribution in [2.75, 3.05) is 6.54 Å². The van der Waals surface area contributed by atoms with Gasteiger partial charge in [0.1, 0.15) is 4.90 Å². The van der Waals surface area contributed by atoms with Gasteiger partial charge in [-0.25, -0.2) is 18.4 Å². The highest BCUT2D eigenvalue weighted by molar-refractivity contribution is 7.89. The summed E-state index contributed by atoms with van der Waals surface area (Å²) in [5.41, 5.74) is 6.25. The number of nitrogens with two attached hydrogens (primary N) is 1. The van der Waals surface area contributed by atoms with Gasteiger partial charge in [0.25, 0.3) is 5.91 Å². The Morgan fingerprint density at radius 2 is 2.09 bits per heavy atom. The second kappa shape index (κ2) is 5.88. The number of carbonyl (C=O) groups is 1. The summed E-state index contributed by atoms with van der Waals surface area (Å²) in [5.74, 6) is -0.962. The van der Waals surface area contributed by atoms with E-state index in [9.17, 15) is 13.2 Å².